The second kappa shape index (κ2) is 7.75. The lowest BCUT2D eigenvalue weighted by molar-refractivity contribution is 0.354. The molecule has 0 fully saturated rings. The molecule has 3 aromatic rings. The predicted molar refractivity (Wildman–Crippen MR) is 109 cm³/mol. The van der Waals surface area contributed by atoms with Crippen molar-refractivity contribution in [3.05, 3.63) is 59.9 Å². The summed E-state index contributed by atoms with van der Waals surface area (Å²) in [6, 6.07) is 11.4. The van der Waals surface area contributed by atoms with Crippen LogP contribution >= 0.6 is 0 Å². The SMILES string of the molecule is COc1ccc(C2=CC(c3ccc(OC)c(OC)c3)n3ncnc3N2)cc1OC. The van der Waals surface area contributed by atoms with Crippen molar-refractivity contribution in [2.24, 2.45) is 0 Å². The Kier molecular flexibility index (Phi) is 4.99. The third-order valence-corrected chi connectivity index (χ3v) is 4.85. The molecule has 1 unspecified atom stereocenters. The highest BCUT2D eigenvalue weighted by molar-refractivity contribution is 5.78. The van der Waals surface area contributed by atoms with E-state index in [9.17, 15) is 0 Å². The zero-order valence-corrected chi connectivity index (χ0v) is 16.7. The Labute approximate surface area is 168 Å². The first-order chi connectivity index (χ1) is 14.2. The molecular formula is C21H22N4O4. The summed E-state index contributed by atoms with van der Waals surface area (Å²) in [7, 11) is 6.47. The van der Waals surface area contributed by atoms with E-state index in [1.165, 1.54) is 6.33 Å². The fourth-order valence-electron chi connectivity index (χ4n) is 3.38. The molecule has 0 saturated heterocycles. The molecular weight excluding hydrogens is 372 g/mol. The number of allylic oxidation sites excluding steroid dienone is 1. The average molecular weight is 394 g/mol. The summed E-state index contributed by atoms with van der Waals surface area (Å²) >= 11 is 0. The molecule has 1 atom stereocenters. The molecule has 0 aliphatic carbocycles. The maximum atomic E-state index is 5.47. The molecule has 4 rings (SSSR count). The molecule has 0 amide bonds. The van der Waals surface area contributed by atoms with Crippen LogP contribution in [0.5, 0.6) is 23.0 Å². The van der Waals surface area contributed by atoms with E-state index < -0.39 is 0 Å². The van der Waals surface area contributed by atoms with E-state index in [-0.39, 0.29) is 6.04 Å². The second-order valence-electron chi connectivity index (χ2n) is 6.36. The molecule has 8 nitrogen and oxygen atoms in total. The molecule has 1 aromatic heterocycles. The summed E-state index contributed by atoms with van der Waals surface area (Å²) in [5.41, 5.74) is 2.84. The fraction of sp³-hybridized carbons (Fsp3) is 0.238. The molecule has 1 aliphatic rings. The standard InChI is InChI=1S/C21H22N4O4/c1-26-17-7-5-13(9-19(17)28-3)15-11-16(25-21(24-15)22-12-23-25)14-6-8-18(27-2)20(10-14)29-4/h5-12,16H,1-4H3,(H,22,23,24). The molecule has 2 heterocycles. The van der Waals surface area contributed by atoms with E-state index in [0.29, 0.717) is 28.9 Å². The van der Waals surface area contributed by atoms with Crippen molar-refractivity contribution in [3.8, 4) is 23.0 Å². The molecule has 0 radical (unpaired) electrons. The molecule has 150 valence electrons. The van der Waals surface area contributed by atoms with E-state index in [1.54, 1.807) is 28.4 Å². The molecule has 1 aliphatic heterocycles. The number of hydrogen-bond donors (Lipinski definition) is 1. The number of ether oxygens (including phenoxy) is 4. The van der Waals surface area contributed by atoms with E-state index in [0.717, 1.165) is 16.8 Å². The molecule has 0 spiro atoms. The van der Waals surface area contributed by atoms with Crippen molar-refractivity contribution < 1.29 is 18.9 Å². The van der Waals surface area contributed by atoms with Crippen molar-refractivity contribution in [2.45, 2.75) is 6.04 Å². The van der Waals surface area contributed by atoms with Gasteiger partial charge in [0, 0.05) is 11.3 Å². The summed E-state index contributed by atoms with van der Waals surface area (Å²) in [4.78, 5) is 4.35. The van der Waals surface area contributed by atoms with Gasteiger partial charge in [0.05, 0.1) is 28.4 Å². The van der Waals surface area contributed by atoms with E-state index in [2.05, 4.69) is 21.5 Å². The van der Waals surface area contributed by atoms with Crippen molar-refractivity contribution in [3.63, 3.8) is 0 Å². The Morgan fingerprint density at radius 1 is 0.828 bits per heavy atom. The minimum Gasteiger partial charge on any atom is -0.493 e. The van der Waals surface area contributed by atoms with Crippen LogP contribution in [-0.4, -0.2) is 43.2 Å². The van der Waals surface area contributed by atoms with E-state index in [4.69, 9.17) is 18.9 Å². The van der Waals surface area contributed by atoms with E-state index >= 15 is 0 Å². The monoisotopic (exact) mass is 394 g/mol. The lowest BCUT2D eigenvalue weighted by Crippen LogP contribution is -2.20. The van der Waals surface area contributed by atoms with Crippen LogP contribution in [0.1, 0.15) is 17.2 Å². The van der Waals surface area contributed by atoms with Crippen LogP contribution < -0.4 is 24.3 Å². The van der Waals surface area contributed by atoms with E-state index in [1.807, 2.05) is 41.1 Å². The molecule has 29 heavy (non-hydrogen) atoms. The highest BCUT2D eigenvalue weighted by Gasteiger charge is 2.25. The van der Waals surface area contributed by atoms with Gasteiger partial charge < -0.3 is 24.3 Å². The van der Waals surface area contributed by atoms with Crippen LogP contribution in [0.15, 0.2) is 48.8 Å². The second-order valence-corrected chi connectivity index (χ2v) is 6.36. The first-order valence-corrected chi connectivity index (χ1v) is 9.01. The van der Waals surface area contributed by atoms with Gasteiger partial charge in [-0.25, -0.2) is 4.68 Å². The smallest absolute Gasteiger partial charge is 0.226 e. The predicted octanol–water partition coefficient (Wildman–Crippen LogP) is 3.37. The lowest BCUT2D eigenvalue weighted by Gasteiger charge is -2.25. The van der Waals surface area contributed by atoms with Gasteiger partial charge in [-0.15, -0.1) is 0 Å². The van der Waals surface area contributed by atoms with Crippen molar-refractivity contribution in [1.29, 1.82) is 0 Å². The minimum atomic E-state index is -0.170. The summed E-state index contributed by atoms with van der Waals surface area (Å²) in [5.74, 6) is 3.31. The third-order valence-electron chi connectivity index (χ3n) is 4.85. The van der Waals surface area contributed by atoms with Crippen LogP contribution in [0.25, 0.3) is 5.70 Å². The number of aromatic nitrogens is 3. The number of methoxy groups -OCH3 is 4. The van der Waals surface area contributed by atoms with Crippen LogP contribution in [-0.2, 0) is 0 Å². The topological polar surface area (TPSA) is 79.7 Å². The maximum absolute atomic E-state index is 5.47. The molecule has 0 bridgehead atoms. The zero-order chi connectivity index (χ0) is 20.4. The van der Waals surface area contributed by atoms with Gasteiger partial charge >= 0.3 is 0 Å². The molecule has 2 aromatic carbocycles. The van der Waals surface area contributed by atoms with Gasteiger partial charge in [0.15, 0.2) is 23.0 Å². The van der Waals surface area contributed by atoms with Crippen molar-refractivity contribution >= 4 is 11.6 Å². The summed E-state index contributed by atoms with van der Waals surface area (Å²) in [6.45, 7) is 0. The quantitative estimate of drug-likeness (QED) is 0.687. The number of nitrogens with zero attached hydrogens (tertiary/aromatic N) is 3. The summed E-state index contributed by atoms with van der Waals surface area (Å²) in [6.07, 6.45) is 3.62. The molecule has 8 heteroatoms. The van der Waals surface area contributed by atoms with Crippen molar-refractivity contribution in [1.82, 2.24) is 14.8 Å². The first-order valence-electron chi connectivity index (χ1n) is 9.01. The van der Waals surface area contributed by atoms with Crippen LogP contribution in [0.3, 0.4) is 0 Å². The van der Waals surface area contributed by atoms with Gasteiger partial charge in [-0.1, -0.05) is 6.07 Å². The number of benzene rings is 2. The Morgan fingerprint density at radius 3 is 2.17 bits per heavy atom. The van der Waals surface area contributed by atoms with Gasteiger partial charge in [-0.2, -0.15) is 10.1 Å². The maximum Gasteiger partial charge on any atom is 0.226 e. The third kappa shape index (κ3) is 3.33. The number of nitrogens with one attached hydrogen (secondary N) is 1. The number of hydrogen-bond acceptors (Lipinski definition) is 7. The van der Waals surface area contributed by atoms with Crippen LogP contribution in [0.4, 0.5) is 5.95 Å². The first kappa shape index (κ1) is 18.7. The normalized spacial score (nSPS) is 15.0. The Morgan fingerprint density at radius 2 is 1.48 bits per heavy atom. The van der Waals surface area contributed by atoms with Gasteiger partial charge in [0.25, 0.3) is 0 Å². The summed E-state index contributed by atoms with van der Waals surface area (Å²) < 4.78 is 23.4. The Bertz CT molecular complexity index is 1060. The van der Waals surface area contributed by atoms with Gasteiger partial charge in [-0.3, -0.25) is 0 Å². The average Bonchev–Trinajstić information content (AvgIpc) is 3.26. The highest BCUT2D eigenvalue weighted by Crippen LogP contribution is 2.37. The molecule has 0 saturated carbocycles. The van der Waals surface area contributed by atoms with Crippen LogP contribution in [0.2, 0.25) is 0 Å². The highest BCUT2D eigenvalue weighted by atomic mass is 16.5. The fourth-order valence-corrected chi connectivity index (χ4v) is 3.38. The lowest BCUT2D eigenvalue weighted by atomic mass is 10.0. The van der Waals surface area contributed by atoms with Gasteiger partial charge in [-0.05, 0) is 42.0 Å². The Balaban J connectivity index is 1.79. The van der Waals surface area contributed by atoms with Crippen LogP contribution in [0, 0.1) is 0 Å². The Hall–Kier alpha value is -3.68. The number of rotatable bonds is 6. The van der Waals surface area contributed by atoms with Gasteiger partial charge in [0.2, 0.25) is 5.95 Å². The minimum absolute atomic E-state index is 0.170. The van der Waals surface area contributed by atoms with Crippen molar-refractivity contribution in [2.75, 3.05) is 33.8 Å². The summed E-state index contributed by atoms with van der Waals surface area (Å²) in [5, 5.41) is 7.71. The largest absolute Gasteiger partial charge is 0.493 e. The van der Waals surface area contributed by atoms with Gasteiger partial charge in [0.1, 0.15) is 12.4 Å². The number of anilines is 1. The molecule has 1 N–H and O–H groups in total. The number of fused-ring (bicyclic) bond motifs is 1. The zero-order valence-electron chi connectivity index (χ0n) is 16.7.